The number of hydrogen-bond acceptors (Lipinski definition) is 6. The highest BCUT2D eigenvalue weighted by atomic mass is 32.2. The average molecular weight is 208 g/mol. The fraction of sp³-hybridized carbons (Fsp3) is 0.250. The third-order valence-electron chi connectivity index (χ3n) is 1.59. The van der Waals surface area contributed by atoms with Crippen LogP contribution in [0.4, 0.5) is 0 Å². The molecule has 0 atom stereocenters. The van der Waals surface area contributed by atoms with Gasteiger partial charge in [-0.3, -0.25) is 0 Å². The molecule has 2 heterocycles. The molecule has 0 aliphatic heterocycles. The summed E-state index contributed by atoms with van der Waals surface area (Å²) in [6.45, 7) is 1.73. The lowest BCUT2D eigenvalue weighted by Crippen LogP contribution is -1.90. The number of aromatic nitrogens is 4. The van der Waals surface area contributed by atoms with Crippen LogP contribution in [0.2, 0.25) is 0 Å². The average Bonchev–Trinajstić information content (AvgIpc) is 2.65. The van der Waals surface area contributed by atoms with E-state index in [1.807, 2.05) is 6.26 Å². The van der Waals surface area contributed by atoms with E-state index in [4.69, 9.17) is 4.52 Å². The zero-order valence-corrected chi connectivity index (χ0v) is 8.58. The van der Waals surface area contributed by atoms with Crippen LogP contribution in [-0.2, 0) is 0 Å². The number of aryl methyl sites for hydroxylation is 1. The second kappa shape index (κ2) is 3.75. The van der Waals surface area contributed by atoms with Gasteiger partial charge < -0.3 is 4.52 Å². The molecule has 2 aromatic heterocycles. The molecule has 2 aromatic rings. The van der Waals surface area contributed by atoms with E-state index in [9.17, 15) is 0 Å². The van der Waals surface area contributed by atoms with Crippen molar-refractivity contribution in [1.82, 2.24) is 20.1 Å². The van der Waals surface area contributed by atoms with Crippen LogP contribution in [0, 0.1) is 6.92 Å². The lowest BCUT2D eigenvalue weighted by molar-refractivity contribution is 0.394. The fourth-order valence-electron chi connectivity index (χ4n) is 0.927. The number of nitrogens with zero attached hydrogens (tertiary/aromatic N) is 4. The first-order chi connectivity index (χ1) is 6.79. The summed E-state index contributed by atoms with van der Waals surface area (Å²) < 4.78 is 4.83. The van der Waals surface area contributed by atoms with E-state index < -0.39 is 0 Å². The molecule has 0 amide bonds. The first kappa shape index (κ1) is 9.14. The largest absolute Gasteiger partial charge is 0.339 e. The molecule has 5 nitrogen and oxygen atoms in total. The Morgan fingerprint density at radius 3 is 2.43 bits per heavy atom. The van der Waals surface area contributed by atoms with E-state index in [1.165, 1.54) is 0 Å². The Morgan fingerprint density at radius 1 is 1.21 bits per heavy atom. The molecule has 2 rings (SSSR count). The second-order valence-corrected chi connectivity index (χ2v) is 3.46. The first-order valence-corrected chi connectivity index (χ1v) is 5.19. The Bertz CT molecular complexity index is 425. The summed E-state index contributed by atoms with van der Waals surface area (Å²) in [5.41, 5.74) is 0. The van der Waals surface area contributed by atoms with E-state index in [0.717, 1.165) is 4.90 Å². The van der Waals surface area contributed by atoms with Crippen molar-refractivity contribution in [3.63, 3.8) is 0 Å². The predicted molar refractivity (Wildman–Crippen MR) is 51.8 cm³/mol. The first-order valence-electron chi connectivity index (χ1n) is 3.96. The van der Waals surface area contributed by atoms with Gasteiger partial charge in [0.05, 0.1) is 0 Å². The maximum absolute atomic E-state index is 4.83. The van der Waals surface area contributed by atoms with Crippen LogP contribution in [-0.4, -0.2) is 26.4 Å². The van der Waals surface area contributed by atoms with Crippen LogP contribution in [0.15, 0.2) is 21.8 Å². The highest BCUT2D eigenvalue weighted by Gasteiger charge is 2.07. The summed E-state index contributed by atoms with van der Waals surface area (Å²) in [7, 11) is 0. The van der Waals surface area contributed by atoms with Gasteiger partial charge in [0.25, 0.3) is 0 Å². The van der Waals surface area contributed by atoms with Crippen LogP contribution >= 0.6 is 11.8 Å². The molecule has 0 N–H and O–H groups in total. The van der Waals surface area contributed by atoms with Gasteiger partial charge in [-0.25, -0.2) is 9.97 Å². The molecule has 0 aliphatic carbocycles. The highest BCUT2D eigenvalue weighted by molar-refractivity contribution is 7.98. The Labute approximate surface area is 85.0 Å². The lowest BCUT2D eigenvalue weighted by atomic mass is 10.5. The topological polar surface area (TPSA) is 64.7 Å². The molecule has 0 spiro atoms. The van der Waals surface area contributed by atoms with E-state index >= 15 is 0 Å². The van der Waals surface area contributed by atoms with Crippen LogP contribution in [0.1, 0.15) is 5.89 Å². The van der Waals surface area contributed by atoms with Crippen LogP contribution in [0.25, 0.3) is 11.6 Å². The highest BCUT2D eigenvalue weighted by Crippen LogP contribution is 2.14. The standard InChI is InChI=1S/C8H8N4OS/c1-5-11-8(12-13-5)7-9-3-6(14-2)4-10-7/h3-4H,1-2H3. The summed E-state index contributed by atoms with van der Waals surface area (Å²) in [4.78, 5) is 13.3. The Morgan fingerprint density at radius 2 is 1.93 bits per heavy atom. The summed E-state index contributed by atoms with van der Waals surface area (Å²) >= 11 is 1.59. The molecule has 0 fully saturated rings. The molecule has 6 heteroatoms. The molecule has 0 saturated carbocycles. The quantitative estimate of drug-likeness (QED) is 0.698. The maximum Gasteiger partial charge on any atom is 0.240 e. The smallest absolute Gasteiger partial charge is 0.240 e. The van der Waals surface area contributed by atoms with Gasteiger partial charge in [-0.2, -0.15) is 4.98 Å². The third-order valence-corrected chi connectivity index (χ3v) is 2.27. The molecule has 0 aromatic carbocycles. The van der Waals surface area contributed by atoms with Gasteiger partial charge in [0.1, 0.15) is 0 Å². The Balaban J connectivity index is 2.33. The molecule has 0 bridgehead atoms. The minimum absolute atomic E-state index is 0.426. The Hall–Kier alpha value is -1.43. The zero-order chi connectivity index (χ0) is 9.97. The summed E-state index contributed by atoms with van der Waals surface area (Å²) in [6, 6.07) is 0. The van der Waals surface area contributed by atoms with Crippen molar-refractivity contribution in [1.29, 1.82) is 0 Å². The van der Waals surface area contributed by atoms with Gasteiger partial charge >= 0.3 is 0 Å². The number of rotatable bonds is 2. The van der Waals surface area contributed by atoms with Crippen molar-refractivity contribution in [3.05, 3.63) is 18.3 Å². The minimum atomic E-state index is 0.426. The van der Waals surface area contributed by atoms with Crippen molar-refractivity contribution < 1.29 is 4.52 Å². The minimum Gasteiger partial charge on any atom is -0.339 e. The van der Waals surface area contributed by atoms with Crippen molar-refractivity contribution in [2.24, 2.45) is 0 Å². The molecule has 0 radical (unpaired) electrons. The Kier molecular flexibility index (Phi) is 2.45. The summed E-state index contributed by atoms with van der Waals surface area (Å²) in [5.74, 6) is 1.42. The monoisotopic (exact) mass is 208 g/mol. The normalized spacial score (nSPS) is 10.4. The summed E-state index contributed by atoms with van der Waals surface area (Å²) in [6.07, 6.45) is 5.44. The van der Waals surface area contributed by atoms with Crippen molar-refractivity contribution in [3.8, 4) is 11.6 Å². The van der Waals surface area contributed by atoms with Gasteiger partial charge in [-0.15, -0.1) is 11.8 Å². The van der Waals surface area contributed by atoms with E-state index in [-0.39, 0.29) is 0 Å². The second-order valence-electron chi connectivity index (χ2n) is 2.58. The SMILES string of the molecule is CSc1cnc(-c2noc(C)n2)nc1. The van der Waals surface area contributed by atoms with Crippen LogP contribution in [0.3, 0.4) is 0 Å². The van der Waals surface area contributed by atoms with Crippen molar-refractivity contribution in [2.75, 3.05) is 6.26 Å². The van der Waals surface area contributed by atoms with Crippen molar-refractivity contribution in [2.45, 2.75) is 11.8 Å². The molecular formula is C8H8N4OS. The zero-order valence-electron chi connectivity index (χ0n) is 7.76. The number of thioether (sulfide) groups is 1. The molecule has 72 valence electrons. The van der Waals surface area contributed by atoms with E-state index in [2.05, 4.69) is 20.1 Å². The van der Waals surface area contributed by atoms with E-state index in [0.29, 0.717) is 17.5 Å². The molecule has 0 unspecified atom stereocenters. The molecule has 0 saturated heterocycles. The van der Waals surface area contributed by atoms with Gasteiger partial charge in [-0.05, 0) is 6.26 Å². The maximum atomic E-state index is 4.83. The third kappa shape index (κ3) is 1.74. The van der Waals surface area contributed by atoms with E-state index in [1.54, 1.807) is 31.1 Å². The van der Waals surface area contributed by atoms with Crippen LogP contribution < -0.4 is 0 Å². The van der Waals surface area contributed by atoms with Crippen LogP contribution in [0.5, 0.6) is 0 Å². The molecular weight excluding hydrogens is 200 g/mol. The number of hydrogen-bond donors (Lipinski definition) is 0. The summed E-state index contributed by atoms with van der Waals surface area (Å²) in [5, 5.41) is 3.72. The molecule has 14 heavy (non-hydrogen) atoms. The van der Waals surface area contributed by atoms with Gasteiger partial charge in [-0.1, -0.05) is 5.16 Å². The predicted octanol–water partition coefficient (Wildman–Crippen LogP) is 1.56. The van der Waals surface area contributed by atoms with Gasteiger partial charge in [0, 0.05) is 24.2 Å². The van der Waals surface area contributed by atoms with Crippen molar-refractivity contribution >= 4 is 11.8 Å². The molecule has 0 aliphatic rings. The fourth-order valence-corrected chi connectivity index (χ4v) is 1.24. The van der Waals surface area contributed by atoms with Gasteiger partial charge in [0.2, 0.25) is 17.5 Å². The lowest BCUT2D eigenvalue weighted by Gasteiger charge is -1.94. The van der Waals surface area contributed by atoms with Gasteiger partial charge in [0.15, 0.2) is 0 Å².